The van der Waals surface area contributed by atoms with Gasteiger partial charge in [-0.25, -0.2) is 4.79 Å². The highest BCUT2D eigenvalue weighted by atomic mass is 16.5. The molecule has 6 nitrogen and oxygen atoms in total. The van der Waals surface area contributed by atoms with Gasteiger partial charge in [0.2, 0.25) is 0 Å². The molecule has 0 saturated heterocycles. The van der Waals surface area contributed by atoms with Crippen LogP contribution in [-0.4, -0.2) is 43.6 Å². The molecular weight excluding hydrogens is 318 g/mol. The standard InChI is InChI=1S/C19H29N3O3/c1-14-6-4-8-16(10-14)21-19(24)20-12-15-7-5-9-17(11-15)25-13-18(23)22(2)3/h5,7,9,11,14,16H,4,6,8,10,12-13H2,1-3H3,(H2,20,21,24)/t14-,16+/m1/s1. The molecule has 1 aliphatic carbocycles. The average Bonchev–Trinajstić information content (AvgIpc) is 2.58. The van der Waals surface area contributed by atoms with Crippen LogP contribution in [-0.2, 0) is 11.3 Å². The van der Waals surface area contributed by atoms with E-state index < -0.39 is 0 Å². The van der Waals surface area contributed by atoms with E-state index in [1.54, 1.807) is 20.2 Å². The lowest BCUT2D eigenvalue weighted by atomic mass is 9.87. The molecule has 138 valence electrons. The van der Waals surface area contributed by atoms with Crippen molar-refractivity contribution in [2.24, 2.45) is 5.92 Å². The number of urea groups is 1. The number of nitrogens with zero attached hydrogens (tertiary/aromatic N) is 1. The highest BCUT2D eigenvalue weighted by Gasteiger charge is 2.20. The number of carbonyl (C=O) groups excluding carboxylic acids is 2. The largest absolute Gasteiger partial charge is 0.484 e. The van der Waals surface area contributed by atoms with E-state index in [4.69, 9.17) is 4.74 Å². The van der Waals surface area contributed by atoms with E-state index in [1.165, 1.54) is 17.7 Å². The molecule has 25 heavy (non-hydrogen) atoms. The predicted octanol–water partition coefficient (Wildman–Crippen LogP) is 2.53. The predicted molar refractivity (Wildman–Crippen MR) is 97.4 cm³/mol. The van der Waals surface area contributed by atoms with Crippen molar-refractivity contribution < 1.29 is 14.3 Å². The van der Waals surface area contributed by atoms with Crippen molar-refractivity contribution in [3.8, 4) is 5.75 Å². The van der Waals surface area contributed by atoms with Crippen molar-refractivity contribution in [3.63, 3.8) is 0 Å². The van der Waals surface area contributed by atoms with Gasteiger partial charge in [0.25, 0.3) is 5.91 Å². The molecule has 0 aromatic heterocycles. The summed E-state index contributed by atoms with van der Waals surface area (Å²) in [7, 11) is 3.38. The fourth-order valence-corrected chi connectivity index (χ4v) is 3.00. The Morgan fingerprint density at radius 2 is 2.08 bits per heavy atom. The second-order valence-corrected chi connectivity index (χ2v) is 7.02. The fourth-order valence-electron chi connectivity index (χ4n) is 3.00. The van der Waals surface area contributed by atoms with E-state index in [-0.39, 0.29) is 24.6 Å². The van der Waals surface area contributed by atoms with Crippen molar-refractivity contribution in [1.29, 1.82) is 0 Å². The first-order valence-corrected chi connectivity index (χ1v) is 8.90. The number of carbonyl (C=O) groups is 2. The normalized spacial score (nSPS) is 19.8. The molecule has 0 heterocycles. The number of benzene rings is 1. The minimum absolute atomic E-state index is 0.00420. The molecule has 0 unspecified atom stereocenters. The minimum atomic E-state index is -0.131. The number of nitrogens with one attached hydrogen (secondary N) is 2. The van der Waals surface area contributed by atoms with Crippen LogP contribution >= 0.6 is 0 Å². The molecule has 1 aliphatic rings. The van der Waals surface area contributed by atoms with Crippen LogP contribution in [0.2, 0.25) is 0 Å². The first-order valence-electron chi connectivity index (χ1n) is 8.90. The lowest BCUT2D eigenvalue weighted by molar-refractivity contribution is -0.130. The molecule has 0 spiro atoms. The van der Waals surface area contributed by atoms with E-state index >= 15 is 0 Å². The zero-order valence-corrected chi connectivity index (χ0v) is 15.4. The molecule has 1 saturated carbocycles. The monoisotopic (exact) mass is 347 g/mol. The molecule has 1 aromatic carbocycles. The van der Waals surface area contributed by atoms with Crippen LogP contribution in [0.3, 0.4) is 0 Å². The molecule has 2 atom stereocenters. The van der Waals surface area contributed by atoms with Gasteiger partial charge in [-0.1, -0.05) is 31.9 Å². The number of rotatable bonds is 6. The molecule has 3 amide bonds. The van der Waals surface area contributed by atoms with Crippen LogP contribution in [0.1, 0.15) is 38.2 Å². The summed E-state index contributed by atoms with van der Waals surface area (Å²) in [5.74, 6) is 1.21. The number of amides is 3. The molecule has 1 fully saturated rings. The lowest BCUT2D eigenvalue weighted by Crippen LogP contribution is -2.43. The Balaban J connectivity index is 1.77. The third-order valence-electron chi connectivity index (χ3n) is 4.48. The van der Waals surface area contributed by atoms with E-state index in [0.717, 1.165) is 18.4 Å². The van der Waals surface area contributed by atoms with Crippen molar-refractivity contribution in [2.45, 2.75) is 45.2 Å². The number of hydrogen-bond acceptors (Lipinski definition) is 3. The third-order valence-corrected chi connectivity index (χ3v) is 4.48. The molecule has 6 heteroatoms. The van der Waals surface area contributed by atoms with Crippen LogP contribution in [0.4, 0.5) is 4.79 Å². The maximum atomic E-state index is 12.1. The quantitative estimate of drug-likeness (QED) is 0.831. The molecule has 0 bridgehead atoms. The van der Waals surface area contributed by atoms with Crippen LogP contribution in [0.5, 0.6) is 5.75 Å². The summed E-state index contributed by atoms with van der Waals surface area (Å²) in [4.78, 5) is 25.1. The Hall–Kier alpha value is -2.24. The first kappa shape index (κ1) is 19.1. The van der Waals surface area contributed by atoms with Crippen LogP contribution < -0.4 is 15.4 Å². The third kappa shape index (κ3) is 6.64. The van der Waals surface area contributed by atoms with Gasteiger partial charge in [-0.05, 0) is 36.5 Å². The van der Waals surface area contributed by atoms with Crippen molar-refractivity contribution in [2.75, 3.05) is 20.7 Å². The zero-order chi connectivity index (χ0) is 18.2. The highest BCUT2D eigenvalue weighted by molar-refractivity contribution is 5.77. The molecule has 1 aromatic rings. The van der Waals surface area contributed by atoms with Crippen LogP contribution in [0.25, 0.3) is 0 Å². The van der Waals surface area contributed by atoms with Gasteiger partial charge in [0.1, 0.15) is 5.75 Å². The molecule has 2 rings (SSSR count). The molecule has 2 N–H and O–H groups in total. The van der Waals surface area contributed by atoms with Crippen LogP contribution in [0, 0.1) is 5.92 Å². The van der Waals surface area contributed by atoms with Crippen molar-refractivity contribution >= 4 is 11.9 Å². The minimum Gasteiger partial charge on any atom is -0.484 e. The maximum Gasteiger partial charge on any atom is 0.315 e. The summed E-state index contributed by atoms with van der Waals surface area (Å²) >= 11 is 0. The summed E-state index contributed by atoms with van der Waals surface area (Å²) in [6.07, 6.45) is 4.54. The van der Waals surface area contributed by atoms with E-state index in [9.17, 15) is 9.59 Å². The van der Waals surface area contributed by atoms with Gasteiger partial charge in [-0.3, -0.25) is 4.79 Å². The highest BCUT2D eigenvalue weighted by Crippen LogP contribution is 2.23. The van der Waals surface area contributed by atoms with E-state index in [0.29, 0.717) is 18.2 Å². The van der Waals surface area contributed by atoms with Gasteiger partial charge in [0.05, 0.1) is 0 Å². The molecular formula is C19H29N3O3. The van der Waals surface area contributed by atoms with Gasteiger partial charge in [-0.15, -0.1) is 0 Å². The summed E-state index contributed by atoms with van der Waals surface area (Å²) in [6.45, 7) is 2.66. The summed E-state index contributed by atoms with van der Waals surface area (Å²) in [5.41, 5.74) is 0.932. The lowest BCUT2D eigenvalue weighted by Gasteiger charge is -2.27. The van der Waals surface area contributed by atoms with Gasteiger partial charge in [-0.2, -0.15) is 0 Å². The van der Waals surface area contributed by atoms with Gasteiger partial charge < -0.3 is 20.3 Å². The summed E-state index contributed by atoms with van der Waals surface area (Å²) in [5, 5.41) is 5.95. The zero-order valence-electron chi connectivity index (χ0n) is 15.4. The maximum absolute atomic E-state index is 12.1. The molecule has 0 aliphatic heterocycles. The Morgan fingerprint density at radius 1 is 1.28 bits per heavy atom. The smallest absolute Gasteiger partial charge is 0.315 e. The Kier molecular flexibility index (Phi) is 7.10. The second-order valence-electron chi connectivity index (χ2n) is 7.02. The first-order chi connectivity index (χ1) is 11.9. The number of ether oxygens (including phenoxy) is 1. The number of hydrogen-bond donors (Lipinski definition) is 2. The molecule has 0 radical (unpaired) electrons. The Morgan fingerprint density at radius 3 is 2.80 bits per heavy atom. The van der Waals surface area contributed by atoms with Gasteiger partial charge in [0.15, 0.2) is 6.61 Å². The van der Waals surface area contributed by atoms with E-state index in [1.807, 2.05) is 18.2 Å². The summed E-state index contributed by atoms with van der Waals surface area (Å²) < 4.78 is 5.49. The van der Waals surface area contributed by atoms with Gasteiger partial charge in [0, 0.05) is 26.7 Å². The number of likely N-dealkylation sites (N-methyl/N-ethyl adjacent to an activating group) is 1. The van der Waals surface area contributed by atoms with Crippen molar-refractivity contribution in [1.82, 2.24) is 15.5 Å². The van der Waals surface area contributed by atoms with Crippen LogP contribution in [0.15, 0.2) is 24.3 Å². The Bertz CT molecular complexity index is 589. The Labute approximate surface area is 149 Å². The van der Waals surface area contributed by atoms with Gasteiger partial charge >= 0.3 is 6.03 Å². The van der Waals surface area contributed by atoms with Crippen molar-refractivity contribution in [3.05, 3.63) is 29.8 Å². The topological polar surface area (TPSA) is 70.7 Å². The SMILES string of the molecule is C[C@@H]1CCC[C@H](NC(=O)NCc2cccc(OCC(=O)N(C)C)c2)C1. The average molecular weight is 347 g/mol. The fraction of sp³-hybridized carbons (Fsp3) is 0.579. The second kappa shape index (κ2) is 9.30. The van der Waals surface area contributed by atoms with E-state index in [2.05, 4.69) is 17.6 Å². The summed E-state index contributed by atoms with van der Waals surface area (Å²) in [6, 6.07) is 7.56.